The molecule has 1 atom stereocenters. The molecule has 5 nitrogen and oxygen atoms in total. The highest BCUT2D eigenvalue weighted by Gasteiger charge is 2.30. The summed E-state index contributed by atoms with van der Waals surface area (Å²) in [6, 6.07) is 26.7. The van der Waals surface area contributed by atoms with Gasteiger partial charge in [0, 0.05) is 19.5 Å². The molecule has 0 aromatic heterocycles. The molecule has 0 saturated heterocycles. The van der Waals surface area contributed by atoms with Gasteiger partial charge >= 0.3 is 0 Å². The Hall–Kier alpha value is -3.60. The third-order valence-corrected chi connectivity index (χ3v) is 5.86. The van der Waals surface area contributed by atoms with E-state index in [9.17, 15) is 9.59 Å². The number of carbonyl (C=O) groups excluding carboxylic acids is 2. The van der Waals surface area contributed by atoms with Crippen LogP contribution >= 0.6 is 0 Å². The van der Waals surface area contributed by atoms with Crippen molar-refractivity contribution in [1.29, 1.82) is 0 Å². The van der Waals surface area contributed by atoms with Crippen molar-refractivity contribution < 1.29 is 14.3 Å². The molecule has 5 heteroatoms. The number of nitrogens with zero attached hydrogens (tertiary/aromatic N) is 1. The van der Waals surface area contributed by atoms with Crippen LogP contribution in [0.2, 0.25) is 0 Å². The molecular weight excluding hydrogens is 436 g/mol. The predicted molar refractivity (Wildman–Crippen MR) is 140 cm³/mol. The SMILES string of the molecule is CCNC(=O)[C@H](Cc1ccccc1)N(Cc1ccccc1)C(=O)COc1ccccc1C(C)(C)C. The number of carbonyl (C=O) groups is 2. The average molecular weight is 473 g/mol. The van der Waals surface area contributed by atoms with Gasteiger partial charge in [-0.05, 0) is 35.1 Å². The zero-order chi connectivity index (χ0) is 25.3. The molecule has 184 valence electrons. The third kappa shape index (κ3) is 7.44. The van der Waals surface area contributed by atoms with E-state index in [1.165, 1.54) is 0 Å². The molecule has 0 aliphatic rings. The summed E-state index contributed by atoms with van der Waals surface area (Å²) in [5.41, 5.74) is 2.86. The van der Waals surface area contributed by atoms with Crippen LogP contribution < -0.4 is 10.1 Å². The summed E-state index contributed by atoms with van der Waals surface area (Å²) in [7, 11) is 0. The lowest BCUT2D eigenvalue weighted by molar-refractivity contribution is -0.142. The highest BCUT2D eigenvalue weighted by molar-refractivity contribution is 5.88. The number of ether oxygens (including phenoxy) is 1. The second-order valence-corrected chi connectivity index (χ2v) is 9.64. The Morgan fingerprint density at radius 3 is 2.03 bits per heavy atom. The van der Waals surface area contributed by atoms with Crippen LogP contribution in [-0.2, 0) is 28.0 Å². The maximum atomic E-state index is 13.6. The largest absolute Gasteiger partial charge is 0.483 e. The van der Waals surface area contributed by atoms with Crippen LogP contribution in [0, 0.1) is 0 Å². The van der Waals surface area contributed by atoms with Gasteiger partial charge in [-0.2, -0.15) is 0 Å². The number of para-hydroxylation sites is 1. The topological polar surface area (TPSA) is 58.6 Å². The lowest BCUT2D eigenvalue weighted by Gasteiger charge is -2.31. The Kier molecular flexibility index (Phi) is 9.07. The van der Waals surface area contributed by atoms with Crippen LogP contribution in [0.4, 0.5) is 0 Å². The molecule has 35 heavy (non-hydrogen) atoms. The van der Waals surface area contributed by atoms with Crippen LogP contribution in [-0.4, -0.2) is 35.9 Å². The minimum atomic E-state index is -0.661. The molecule has 0 bridgehead atoms. The van der Waals surface area contributed by atoms with E-state index in [-0.39, 0.29) is 23.8 Å². The molecular formula is C30H36N2O3. The summed E-state index contributed by atoms with van der Waals surface area (Å²) >= 11 is 0. The molecule has 1 N–H and O–H groups in total. The minimum absolute atomic E-state index is 0.125. The Morgan fingerprint density at radius 2 is 1.43 bits per heavy atom. The third-order valence-electron chi connectivity index (χ3n) is 5.86. The van der Waals surface area contributed by atoms with Gasteiger partial charge in [0.15, 0.2) is 6.61 Å². The Morgan fingerprint density at radius 1 is 0.857 bits per heavy atom. The van der Waals surface area contributed by atoms with Crippen molar-refractivity contribution in [2.45, 2.75) is 52.1 Å². The normalized spacial score (nSPS) is 12.0. The van der Waals surface area contributed by atoms with Crippen LogP contribution in [0.1, 0.15) is 44.4 Å². The first-order chi connectivity index (χ1) is 16.8. The smallest absolute Gasteiger partial charge is 0.261 e. The average Bonchev–Trinajstić information content (AvgIpc) is 2.85. The van der Waals surface area contributed by atoms with E-state index in [2.05, 4.69) is 26.1 Å². The predicted octanol–water partition coefficient (Wildman–Crippen LogP) is 5.14. The van der Waals surface area contributed by atoms with Crippen molar-refractivity contribution in [1.82, 2.24) is 10.2 Å². The fourth-order valence-corrected chi connectivity index (χ4v) is 4.06. The molecule has 2 amide bonds. The van der Waals surface area contributed by atoms with E-state index in [4.69, 9.17) is 4.74 Å². The zero-order valence-corrected chi connectivity index (χ0v) is 21.2. The monoisotopic (exact) mass is 472 g/mol. The lowest BCUT2D eigenvalue weighted by Crippen LogP contribution is -2.51. The number of hydrogen-bond donors (Lipinski definition) is 1. The second-order valence-electron chi connectivity index (χ2n) is 9.64. The van der Waals surface area contributed by atoms with E-state index in [0.29, 0.717) is 25.3 Å². The van der Waals surface area contributed by atoms with Gasteiger partial charge in [-0.25, -0.2) is 0 Å². The van der Waals surface area contributed by atoms with Crippen LogP contribution in [0.15, 0.2) is 84.9 Å². The highest BCUT2D eigenvalue weighted by Crippen LogP contribution is 2.31. The van der Waals surface area contributed by atoms with Gasteiger partial charge in [0.25, 0.3) is 5.91 Å². The number of hydrogen-bond acceptors (Lipinski definition) is 3. The first kappa shape index (κ1) is 26.0. The quantitative estimate of drug-likeness (QED) is 0.445. The summed E-state index contributed by atoms with van der Waals surface area (Å²) in [5, 5.41) is 2.92. The van der Waals surface area contributed by atoms with E-state index in [1.54, 1.807) is 4.90 Å². The number of nitrogens with one attached hydrogen (secondary N) is 1. The molecule has 0 heterocycles. The second kappa shape index (κ2) is 12.2. The summed E-state index contributed by atoms with van der Waals surface area (Å²) in [6.07, 6.45) is 0.420. The van der Waals surface area contributed by atoms with Crippen molar-refractivity contribution in [3.05, 3.63) is 102 Å². The molecule has 0 radical (unpaired) electrons. The van der Waals surface area contributed by atoms with Gasteiger partial charge in [0.05, 0.1) is 0 Å². The van der Waals surface area contributed by atoms with E-state index in [1.807, 2.05) is 91.9 Å². The van der Waals surface area contributed by atoms with E-state index < -0.39 is 6.04 Å². The lowest BCUT2D eigenvalue weighted by atomic mass is 9.86. The summed E-state index contributed by atoms with van der Waals surface area (Å²) in [5.74, 6) is 0.283. The first-order valence-corrected chi connectivity index (χ1v) is 12.2. The van der Waals surface area contributed by atoms with Gasteiger partial charge in [-0.15, -0.1) is 0 Å². The number of amides is 2. The van der Waals surface area contributed by atoms with E-state index in [0.717, 1.165) is 16.7 Å². The maximum Gasteiger partial charge on any atom is 0.261 e. The maximum absolute atomic E-state index is 13.6. The van der Waals surface area contributed by atoms with Crippen molar-refractivity contribution in [3.63, 3.8) is 0 Å². The van der Waals surface area contributed by atoms with Gasteiger partial charge in [-0.3, -0.25) is 9.59 Å². The standard InChI is InChI=1S/C30H36N2O3/c1-5-31-29(34)26(20-23-14-8-6-9-15-23)32(21-24-16-10-7-11-17-24)28(33)22-35-27-19-13-12-18-25(27)30(2,3)4/h6-19,26H,5,20-22H2,1-4H3,(H,31,34)/t26-/m0/s1. The van der Waals surface area contributed by atoms with Gasteiger partial charge in [0.2, 0.25) is 5.91 Å². The first-order valence-electron chi connectivity index (χ1n) is 12.2. The highest BCUT2D eigenvalue weighted by atomic mass is 16.5. The Bertz CT molecular complexity index is 1090. The van der Waals surface area contributed by atoms with Crippen molar-refractivity contribution in [3.8, 4) is 5.75 Å². The number of likely N-dealkylation sites (N-methyl/N-ethyl adjacent to an activating group) is 1. The van der Waals surface area contributed by atoms with E-state index >= 15 is 0 Å². The summed E-state index contributed by atoms with van der Waals surface area (Å²) < 4.78 is 6.06. The van der Waals surface area contributed by atoms with Crippen molar-refractivity contribution >= 4 is 11.8 Å². The van der Waals surface area contributed by atoms with Gasteiger partial charge in [0.1, 0.15) is 11.8 Å². The Labute approximate surface area is 209 Å². The zero-order valence-electron chi connectivity index (χ0n) is 21.2. The van der Waals surface area contributed by atoms with Gasteiger partial charge < -0.3 is 15.0 Å². The van der Waals surface area contributed by atoms with Crippen molar-refractivity contribution in [2.24, 2.45) is 0 Å². The van der Waals surface area contributed by atoms with Gasteiger partial charge in [-0.1, -0.05) is 99.6 Å². The molecule has 0 unspecified atom stereocenters. The fourth-order valence-electron chi connectivity index (χ4n) is 4.06. The fraction of sp³-hybridized carbons (Fsp3) is 0.333. The molecule has 3 aromatic carbocycles. The molecule has 0 saturated carbocycles. The molecule has 3 rings (SSSR count). The molecule has 0 aliphatic heterocycles. The number of rotatable bonds is 10. The Balaban J connectivity index is 1.90. The van der Waals surface area contributed by atoms with Crippen LogP contribution in [0.3, 0.4) is 0 Å². The molecule has 3 aromatic rings. The van der Waals surface area contributed by atoms with Crippen molar-refractivity contribution in [2.75, 3.05) is 13.2 Å². The number of benzene rings is 3. The molecule has 0 fully saturated rings. The minimum Gasteiger partial charge on any atom is -0.483 e. The van der Waals surface area contributed by atoms with Crippen LogP contribution in [0.5, 0.6) is 5.75 Å². The summed E-state index contributed by atoms with van der Waals surface area (Å²) in [4.78, 5) is 28.5. The molecule has 0 spiro atoms. The molecule has 0 aliphatic carbocycles. The van der Waals surface area contributed by atoms with Crippen LogP contribution in [0.25, 0.3) is 0 Å². The summed E-state index contributed by atoms with van der Waals surface area (Å²) in [6.45, 7) is 8.89.